The SMILES string of the molecule is COC(=O)c1cc(C(C)c2ccccc2)sc1NC(=O)C1CC=CCC1C(=O)O. The van der Waals surface area contributed by atoms with Gasteiger partial charge in [-0.05, 0) is 24.5 Å². The van der Waals surface area contributed by atoms with Crippen LogP contribution in [0.2, 0.25) is 0 Å². The van der Waals surface area contributed by atoms with Crippen LogP contribution in [0.25, 0.3) is 0 Å². The number of amides is 1. The zero-order chi connectivity index (χ0) is 21.0. The molecule has 6 nitrogen and oxygen atoms in total. The Morgan fingerprint density at radius 3 is 2.41 bits per heavy atom. The van der Waals surface area contributed by atoms with Gasteiger partial charge in [0.25, 0.3) is 0 Å². The summed E-state index contributed by atoms with van der Waals surface area (Å²) in [7, 11) is 1.29. The Kier molecular flexibility index (Phi) is 6.49. The van der Waals surface area contributed by atoms with E-state index in [1.54, 1.807) is 12.1 Å². The molecule has 0 spiro atoms. The van der Waals surface area contributed by atoms with Crippen LogP contribution >= 0.6 is 11.3 Å². The van der Waals surface area contributed by atoms with Crippen molar-refractivity contribution < 1.29 is 24.2 Å². The minimum atomic E-state index is -0.993. The number of aliphatic carboxylic acids is 1. The maximum absolute atomic E-state index is 12.8. The van der Waals surface area contributed by atoms with Crippen molar-refractivity contribution in [3.63, 3.8) is 0 Å². The summed E-state index contributed by atoms with van der Waals surface area (Å²) < 4.78 is 4.87. The van der Waals surface area contributed by atoms with Crippen molar-refractivity contribution in [2.75, 3.05) is 12.4 Å². The molecule has 1 aliphatic carbocycles. The number of esters is 1. The molecular formula is C22H23NO5S. The molecule has 0 bridgehead atoms. The first-order valence-corrected chi connectivity index (χ1v) is 10.2. The van der Waals surface area contributed by atoms with Crippen molar-refractivity contribution in [2.45, 2.75) is 25.7 Å². The van der Waals surface area contributed by atoms with Gasteiger partial charge in [-0.25, -0.2) is 4.79 Å². The van der Waals surface area contributed by atoms with Crippen LogP contribution in [0.15, 0.2) is 48.6 Å². The fourth-order valence-electron chi connectivity index (χ4n) is 3.47. The van der Waals surface area contributed by atoms with Crippen molar-refractivity contribution in [1.29, 1.82) is 0 Å². The second-order valence-corrected chi connectivity index (χ2v) is 8.08. The van der Waals surface area contributed by atoms with E-state index in [1.165, 1.54) is 18.4 Å². The van der Waals surface area contributed by atoms with Crippen molar-refractivity contribution in [1.82, 2.24) is 0 Å². The van der Waals surface area contributed by atoms with Gasteiger partial charge in [-0.1, -0.05) is 49.4 Å². The lowest BCUT2D eigenvalue weighted by Gasteiger charge is -2.24. The van der Waals surface area contributed by atoms with Crippen LogP contribution in [0.4, 0.5) is 5.00 Å². The molecule has 152 valence electrons. The van der Waals surface area contributed by atoms with E-state index in [2.05, 4.69) is 5.32 Å². The molecule has 0 aliphatic heterocycles. The van der Waals surface area contributed by atoms with Crippen LogP contribution in [-0.2, 0) is 14.3 Å². The number of anilines is 1. The lowest BCUT2D eigenvalue weighted by molar-refractivity contribution is -0.146. The van der Waals surface area contributed by atoms with Gasteiger partial charge in [0.1, 0.15) is 5.00 Å². The summed E-state index contributed by atoms with van der Waals surface area (Å²) in [4.78, 5) is 37.5. The number of hydrogen-bond acceptors (Lipinski definition) is 5. The number of thiophene rings is 1. The highest BCUT2D eigenvalue weighted by Gasteiger charge is 2.35. The number of ether oxygens (including phenoxy) is 1. The molecular weight excluding hydrogens is 390 g/mol. The van der Waals surface area contributed by atoms with Crippen molar-refractivity contribution >= 4 is 34.2 Å². The van der Waals surface area contributed by atoms with Gasteiger partial charge >= 0.3 is 11.9 Å². The zero-order valence-electron chi connectivity index (χ0n) is 16.3. The molecule has 0 radical (unpaired) electrons. The second kappa shape index (κ2) is 9.05. The summed E-state index contributed by atoms with van der Waals surface area (Å²) in [5, 5.41) is 12.6. The lowest BCUT2D eigenvalue weighted by Crippen LogP contribution is -2.34. The molecule has 1 amide bonds. The van der Waals surface area contributed by atoms with Crippen molar-refractivity contribution in [3.8, 4) is 0 Å². The summed E-state index contributed by atoms with van der Waals surface area (Å²) >= 11 is 1.31. The number of rotatable bonds is 6. The number of benzene rings is 1. The first-order valence-electron chi connectivity index (χ1n) is 9.38. The van der Waals surface area contributed by atoms with Crippen LogP contribution in [0.5, 0.6) is 0 Å². The average molecular weight is 413 g/mol. The van der Waals surface area contributed by atoms with E-state index in [9.17, 15) is 19.5 Å². The average Bonchev–Trinajstić information content (AvgIpc) is 3.16. The number of carbonyl (C=O) groups excluding carboxylic acids is 2. The highest BCUT2D eigenvalue weighted by atomic mass is 32.1. The van der Waals surface area contributed by atoms with E-state index in [-0.39, 0.29) is 11.5 Å². The van der Waals surface area contributed by atoms with Crippen LogP contribution in [0.1, 0.15) is 46.5 Å². The highest BCUT2D eigenvalue weighted by molar-refractivity contribution is 7.16. The summed E-state index contributed by atoms with van der Waals surface area (Å²) in [5.41, 5.74) is 1.37. The van der Waals surface area contributed by atoms with E-state index < -0.39 is 29.7 Å². The quantitative estimate of drug-likeness (QED) is 0.544. The minimum absolute atomic E-state index is 0.0274. The first-order chi connectivity index (χ1) is 13.9. The Balaban J connectivity index is 1.88. The second-order valence-electron chi connectivity index (χ2n) is 7.00. The molecule has 0 fully saturated rings. The molecule has 29 heavy (non-hydrogen) atoms. The molecule has 1 aromatic carbocycles. The van der Waals surface area contributed by atoms with Crippen molar-refractivity contribution in [3.05, 3.63) is 64.6 Å². The standard InChI is InChI=1S/C22H23NO5S/c1-13(14-8-4-3-5-9-14)18-12-17(22(27)28-2)20(29-18)23-19(24)15-10-6-7-11-16(15)21(25)26/h3-9,12-13,15-16H,10-11H2,1-2H3,(H,23,24)(H,25,26). The summed E-state index contributed by atoms with van der Waals surface area (Å²) in [5.74, 6) is -3.36. The fourth-order valence-corrected chi connectivity index (χ4v) is 4.59. The Bertz CT molecular complexity index is 934. The molecule has 3 unspecified atom stereocenters. The number of methoxy groups -OCH3 is 1. The number of carboxylic acid groups (broad SMARTS) is 1. The number of allylic oxidation sites excluding steroid dienone is 2. The van der Waals surface area contributed by atoms with E-state index in [1.807, 2.05) is 43.3 Å². The summed E-state index contributed by atoms with van der Waals surface area (Å²) in [6, 6.07) is 11.6. The molecule has 1 aromatic heterocycles. The van der Waals surface area contributed by atoms with Crippen LogP contribution in [-0.4, -0.2) is 30.1 Å². The molecule has 1 aliphatic rings. The largest absolute Gasteiger partial charge is 0.481 e. The van der Waals surface area contributed by atoms with E-state index in [4.69, 9.17) is 4.74 Å². The Labute approximate surface area is 173 Å². The van der Waals surface area contributed by atoms with Gasteiger partial charge in [0.05, 0.1) is 24.5 Å². The highest BCUT2D eigenvalue weighted by Crippen LogP contribution is 2.37. The van der Waals surface area contributed by atoms with Gasteiger partial charge in [0, 0.05) is 10.8 Å². The maximum atomic E-state index is 12.8. The first kappa shape index (κ1) is 20.8. The van der Waals surface area contributed by atoms with E-state index in [0.29, 0.717) is 17.8 Å². The van der Waals surface area contributed by atoms with Gasteiger partial charge in [-0.2, -0.15) is 0 Å². The third kappa shape index (κ3) is 4.56. The third-order valence-corrected chi connectivity index (χ3v) is 6.44. The number of carbonyl (C=O) groups is 3. The van der Waals surface area contributed by atoms with Gasteiger partial charge < -0.3 is 15.2 Å². The number of hydrogen-bond donors (Lipinski definition) is 2. The fraction of sp³-hybridized carbons (Fsp3) is 0.318. The van der Waals surface area contributed by atoms with Gasteiger partial charge in [-0.3, -0.25) is 9.59 Å². The summed E-state index contributed by atoms with van der Waals surface area (Å²) in [6.45, 7) is 2.03. The molecule has 2 aromatic rings. The Hall–Kier alpha value is -2.93. The van der Waals surface area contributed by atoms with Crippen LogP contribution in [0, 0.1) is 11.8 Å². The maximum Gasteiger partial charge on any atom is 0.340 e. The minimum Gasteiger partial charge on any atom is -0.481 e. The molecule has 0 saturated heterocycles. The normalized spacial score (nSPS) is 19.4. The topological polar surface area (TPSA) is 92.7 Å². The summed E-state index contributed by atoms with van der Waals surface area (Å²) in [6.07, 6.45) is 4.28. The molecule has 2 N–H and O–H groups in total. The Morgan fingerprint density at radius 2 is 1.79 bits per heavy atom. The van der Waals surface area contributed by atoms with Crippen LogP contribution in [0.3, 0.4) is 0 Å². The molecule has 3 atom stereocenters. The number of carboxylic acids is 1. The molecule has 1 heterocycles. The smallest absolute Gasteiger partial charge is 0.340 e. The Morgan fingerprint density at radius 1 is 1.14 bits per heavy atom. The lowest BCUT2D eigenvalue weighted by atomic mass is 9.82. The molecule has 0 saturated carbocycles. The van der Waals surface area contributed by atoms with Gasteiger partial charge in [0.15, 0.2) is 0 Å². The third-order valence-electron chi connectivity index (χ3n) is 5.21. The molecule has 7 heteroatoms. The van der Waals surface area contributed by atoms with Crippen molar-refractivity contribution in [2.24, 2.45) is 11.8 Å². The zero-order valence-corrected chi connectivity index (χ0v) is 17.1. The van der Waals surface area contributed by atoms with Gasteiger partial charge in [0.2, 0.25) is 5.91 Å². The van der Waals surface area contributed by atoms with Gasteiger partial charge in [-0.15, -0.1) is 11.3 Å². The predicted octanol–water partition coefficient (Wildman–Crippen LogP) is 4.29. The van der Waals surface area contributed by atoms with E-state index >= 15 is 0 Å². The van der Waals surface area contributed by atoms with E-state index in [0.717, 1.165) is 10.4 Å². The van der Waals surface area contributed by atoms with Crippen LogP contribution < -0.4 is 5.32 Å². The molecule has 3 rings (SSSR count). The number of nitrogens with one attached hydrogen (secondary N) is 1. The monoisotopic (exact) mass is 413 g/mol. The predicted molar refractivity (Wildman–Crippen MR) is 111 cm³/mol.